The molecule has 8 heteroatoms. The monoisotopic (exact) mass is 471 g/mol. The first-order chi connectivity index (χ1) is 16.5. The number of ketones is 1. The predicted molar refractivity (Wildman–Crippen MR) is 130 cm³/mol. The minimum Gasteiger partial charge on any atom is -0.324 e. The van der Waals surface area contributed by atoms with Gasteiger partial charge in [-0.1, -0.05) is 60.7 Å². The zero-order chi connectivity index (χ0) is 23.4. The Morgan fingerprint density at radius 2 is 1.82 bits per heavy atom. The number of nitro groups is 1. The number of carbonyl (C=O) groups excluding carboxylic acids is 2. The highest BCUT2D eigenvalue weighted by Crippen LogP contribution is 2.61. The number of hydrogen-bond acceptors (Lipinski definition) is 6. The predicted octanol–water partition coefficient (Wildman–Crippen LogP) is 4.41. The van der Waals surface area contributed by atoms with Crippen molar-refractivity contribution in [3.63, 3.8) is 0 Å². The van der Waals surface area contributed by atoms with Crippen LogP contribution in [0.5, 0.6) is 0 Å². The van der Waals surface area contributed by atoms with Gasteiger partial charge in [0.1, 0.15) is 5.54 Å². The highest BCUT2D eigenvalue weighted by molar-refractivity contribution is 7.99. The number of thioether (sulfide) groups is 1. The Labute approximate surface area is 200 Å². The summed E-state index contributed by atoms with van der Waals surface area (Å²) in [4.78, 5) is 41.3. The van der Waals surface area contributed by atoms with E-state index in [9.17, 15) is 19.7 Å². The van der Waals surface area contributed by atoms with Crippen molar-refractivity contribution < 1.29 is 14.5 Å². The van der Waals surface area contributed by atoms with Gasteiger partial charge in [0.25, 0.3) is 5.69 Å². The van der Waals surface area contributed by atoms with Crippen molar-refractivity contribution in [3.8, 4) is 0 Å². The van der Waals surface area contributed by atoms with E-state index in [2.05, 4.69) is 10.2 Å². The number of fused-ring (bicyclic) bond motifs is 4. The molecule has 0 unspecified atom stereocenters. The molecule has 0 bridgehead atoms. The topological polar surface area (TPSA) is 92.5 Å². The van der Waals surface area contributed by atoms with E-state index >= 15 is 0 Å². The minimum absolute atomic E-state index is 0.0167. The normalized spacial score (nSPS) is 27.4. The Kier molecular flexibility index (Phi) is 4.82. The molecule has 0 aliphatic carbocycles. The second-order valence-electron chi connectivity index (χ2n) is 8.89. The summed E-state index contributed by atoms with van der Waals surface area (Å²) in [5.74, 6) is 0.0165. The van der Waals surface area contributed by atoms with E-state index in [1.807, 2.05) is 54.6 Å². The third-order valence-electron chi connectivity index (χ3n) is 7.34. The lowest BCUT2D eigenvalue weighted by Gasteiger charge is -2.36. The molecule has 4 atom stereocenters. The molecule has 1 amide bonds. The lowest BCUT2D eigenvalue weighted by atomic mass is 9.69. The maximum Gasteiger partial charge on any atom is 0.270 e. The number of para-hydroxylation sites is 1. The Hall–Kier alpha value is -3.49. The first-order valence-corrected chi connectivity index (χ1v) is 12.3. The van der Waals surface area contributed by atoms with E-state index < -0.39 is 16.4 Å². The maximum atomic E-state index is 14.3. The number of nitrogens with one attached hydrogen (secondary N) is 1. The fourth-order valence-corrected chi connectivity index (χ4v) is 7.36. The van der Waals surface area contributed by atoms with E-state index in [4.69, 9.17) is 0 Å². The van der Waals surface area contributed by atoms with Crippen molar-refractivity contribution >= 4 is 34.8 Å². The van der Waals surface area contributed by atoms with Crippen LogP contribution in [0.2, 0.25) is 0 Å². The fourth-order valence-electron chi connectivity index (χ4n) is 6.03. The summed E-state index contributed by atoms with van der Waals surface area (Å²) < 4.78 is 0. The van der Waals surface area contributed by atoms with Gasteiger partial charge in [0.05, 0.1) is 10.8 Å². The van der Waals surface area contributed by atoms with Gasteiger partial charge in [-0.25, -0.2) is 0 Å². The molecule has 2 saturated heterocycles. The van der Waals surface area contributed by atoms with Crippen LogP contribution in [0.4, 0.5) is 11.4 Å². The van der Waals surface area contributed by atoms with Crippen LogP contribution in [-0.2, 0) is 10.3 Å². The van der Waals surface area contributed by atoms with Gasteiger partial charge in [-0.3, -0.25) is 24.6 Å². The number of non-ortho nitro benzene ring substituents is 1. The van der Waals surface area contributed by atoms with Gasteiger partial charge in [-0.05, 0) is 11.6 Å². The number of carbonyl (C=O) groups is 2. The summed E-state index contributed by atoms with van der Waals surface area (Å²) >= 11 is 1.76. The fraction of sp³-hybridized carbons (Fsp3) is 0.231. The molecular formula is C26H21N3O4S. The van der Waals surface area contributed by atoms with Gasteiger partial charge in [0, 0.05) is 52.5 Å². The van der Waals surface area contributed by atoms with Gasteiger partial charge >= 0.3 is 0 Å². The Morgan fingerprint density at radius 1 is 1.06 bits per heavy atom. The summed E-state index contributed by atoms with van der Waals surface area (Å²) in [5, 5.41) is 14.5. The first-order valence-electron chi connectivity index (χ1n) is 11.1. The van der Waals surface area contributed by atoms with Crippen molar-refractivity contribution in [2.24, 2.45) is 5.92 Å². The summed E-state index contributed by atoms with van der Waals surface area (Å²) in [6, 6.07) is 23.2. The van der Waals surface area contributed by atoms with Crippen molar-refractivity contribution in [2.45, 2.75) is 17.5 Å². The molecule has 3 aliphatic rings. The first kappa shape index (κ1) is 21.1. The molecular weight excluding hydrogens is 450 g/mol. The van der Waals surface area contributed by atoms with Gasteiger partial charge in [-0.15, -0.1) is 11.8 Å². The Balaban J connectivity index is 1.60. The standard InChI is InChI=1S/C26H21N3O4S/c30-24(17-9-6-10-18(13-17)29(32)33)23-22(16-7-2-1-3-8-16)21-14-34-15-28(21)26(23)19-11-4-5-12-20(19)27-25(26)31/h1-13,21-23H,14-15H2,(H,27,31)/t21-,22-,23+,26-/m1/s1. The molecule has 1 N–H and O–H groups in total. The summed E-state index contributed by atoms with van der Waals surface area (Å²) in [6.45, 7) is 0. The molecule has 0 saturated carbocycles. The maximum absolute atomic E-state index is 14.3. The third kappa shape index (κ3) is 2.82. The molecule has 34 heavy (non-hydrogen) atoms. The third-order valence-corrected chi connectivity index (χ3v) is 8.37. The van der Waals surface area contributed by atoms with Gasteiger partial charge in [-0.2, -0.15) is 0 Å². The van der Waals surface area contributed by atoms with E-state index in [1.54, 1.807) is 17.8 Å². The molecule has 7 nitrogen and oxygen atoms in total. The molecule has 0 radical (unpaired) electrons. The molecule has 3 aliphatic heterocycles. The van der Waals surface area contributed by atoms with E-state index in [-0.39, 0.29) is 34.9 Å². The van der Waals surface area contributed by atoms with Crippen molar-refractivity contribution in [2.75, 3.05) is 16.9 Å². The van der Waals surface area contributed by atoms with Crippen molar-refractivity contribution in [1.29, 1.82) is 0 Å². The lowest BCUT2D eigenvalue weighted by Crippen LogP contribution is -2.52. The number of nitro benzene ring substituents is 1. The van der Waals surface area contributed by atoms with Gasteiger partial charge < -0.3 is 5.32 Å². The number of benzene rings is 3. The lowest BCUT2D eigenvalue weighted by molar-refractivity contribution is -0.384. The van der Waals surface area contributed by atoms with Crippen molar-refractivity contribution in [3.05, 3.63) is 106 Å². The van der Waals surface area contributed by atoms with Crippen LogP contribution in [0.25, 0.3) is 0 Å². The molecule has 3 aromatic carbocycles. The van der Waals surface area contributed by atoms with E-state index in [0.717, 1.165) is 16.9 Å². The zero-order valence-corrected chi connectivity index (χ0v) is 18.9. The van der Waals surface area contributed by atoms with Crippen LogP contribution in [0.3, 0.4) is 0 Å². The summed E-state index contributed by atoms with van der Waals surface area (Å²) in [5.41, 5.74) is 1.46. The van der Waals surface area contributed by atoms with Gasteiger partial charge in [0.2, 0.25) is 5.91 Å². The van der Waals surface area contributed by atoms with E-state index in [1.165, 1.54) is 18.2 Å². The minimum atomic E-state index is -1.17. The number of hydrogen-bond donors (Lipinski definition) is 1. The number of Topliss-reactive ketones (excluding diaryl/α,β-unsaturated/α-hetero) is 1. The number of nitrogens with zero attached hydrogens (tertiary/aromatic N) is 2. The van der Waals surface area contributed by atoms with Crippen LogP contribution in [0.1, 0.15) is 27.4 Å². The average Bonchev–Trinajstić information content (AvgIpc) is 3.52. The Bertz CT molecular complexity index is 1330. The Morgan fingerprint density at radius 3 is 2.62 bits per heavy atom. The molecule has 1 spiro atoms. The second-order valence-corrected chi connectivity index (χ2v) is 9.89. The smallest absolute Gasteiger partial charge is 0.270 e. The molecule has 3 heterocycles. The van der Waals surface area contributed by atoms with Crippen molar-refractivity contribution in [1.82, 2.24) is 4.90 Å². The SMILES string of the molecule is O=C(c1cccc([N+](=O)[O-])c1)[C@@H]1[C@H](c2ccccc2)[C@H]2CSCN2[C@@]12C(=O)Nc1ccccc12. The second kappa shape index (κ2) is 7.78. The van der Waals surface area contributed by atoms with Crippen LogP contribution >= 0.6 is 11.8 Å². The quantitative estimate of drug-likeness (QED) is 0.344. The number of rotatable bonds is 4. The largest absolute Gasteiger partial charge is 0.324 e. The molecule has 170 valence electrons. The number of amides is 1. The zero-order valence-electron chi connectivity index (χ0n) is 18.1. The highest BCUT2D eigenvalue weighted by Gasteiger charge is 2.69. The van der Waals surface area contributed by atoms with Crippen LogP contribution in [-0.4, -0.2) is 39.2 Å². The summed E-state index contributed by atoms with van der Waals surface area (Å²) in [6.07, 6.45) is 0. The molecule has 3 aromatic rings. The van der Waals surface area contributed by atoms with Gasteiger partial charge in [0.15, 0.2) is 5.78 Å². The molecule has 2 fully saturated rings. The van der Waals surface area contributed by atoms with Crippen LogP contribution in [0, 0.1) is 16.0 Å². The molecule has 0 aromatic heterocycles. The highest BCUT2D eigenvalue weighted by atomic mass is 32.2. The summed E-state index contributed by atoms with van der Waals surface area (Å²) in [7, 11) is 0. The van der Waals surface area contributed by atoms with Crippen LogP contribution < -0.4 is 5.32 Å². The average molecular weight is 472 g/mol. The van der Waals surface area contributed by atoms with Crippen LogP contribution in [0.15, 0.2) is 78.9 Å². The van der Waals surface area contributed by atoms with E-state index in [0.29, 0.717) is 11.6 Å². The molecule has 6 rings (SSSR count). The number of anilines is 1.